The van der Waals surface area contributed by atoms with E-state index < -0.39 is 0 Å². The highest BCUT2D eigenvalue weighted by atomic mass is 79.9. The molecule has 0 aliphatic rings. The number of rotatable bonds is 3. The summed E-state index contributed by atoms with van der Waals surface area (Å²) in [6, 6.07) is 10.7. The molecule has 0 amide bonds. The summed E-state index contributed by atoms with van der Waals surface area (Å²) in [4.78, 5) is 7.57. The maximum absolute atomic E-state index is 13.0. The Bertz CT molecular complexity index is 767. The quantitative estimate of drug-likeness (QED) is 0.746. The van der Waals surface area contributed by atoms with Gasteiger partial charge in [0, 0.05) is 16.7 Å². The number of aromatic amines is 1. The van der Waals surface area contributed by atoms with Gasteiger partial charge in [-0.15, -0.1) is 0 Å². The summed E-state index contributed by atoms with van der Waals surface area (Å²) in [6.45, 7) is 2.56. The molecule has 3 nitrogen and oxygen atoms in total. The van der Waals surface area contributed by atoms with Crippen LogP contribution < -0.4 is 5.32 Å². The van der Waals surface area contributed by atoms with Gasteiger partial charge < -0.3 is 10.3 Å². The second kappa shape index (κ2) is 5.25. The molecule has 0 spiro atoms. The number of aryl methyl sites for hydroxylation is 1. The van der Waals surface area contributed by atoms with E-state index in [-0.39, 0.29) is 5.82 Å². The Kier molecular flexibility index (Phi) is 3.44. The van der Waals surface area contributed by atoms with E-state index in [9.17, 15) is 4.39 Å². The van der Waals surface area contributed by atoms with Gasteiger partial charge in [-0.1, -0.05) is 22.0 Å². The molecule has 0 unspecified atom stereocenters. The number of benzene rings is 2. The highest BCUT2D eigenvalue weighted by molar-refractivity contribution is 9.10. The minimum atomic E-state index is -0.241. The molecule has 3 aromatic rings. The van der Waals surface area contributed by atoms with E-state index in [0.717, 1.165) is 32.6 Å². The number of imidazole rings is 1. The summed E-state index contributed by atoms with van der Waals surface area (Å²) < 4.78 is 13.8. The molecule has 0 bridgehead atoms. The van der Waals surface area contributed by atoms with Crippen molar-refractivity contribution in [3.63, 3.8) is 0 Å². The van der Waals surface area contributed by atoms with Gasteiger partial charge in [0.15, 0.2) is 0 Å². The first kappa shape index (κ1) is 13.1. The van der Waals surface area contributed by atoms with Gasteiger partial charge in [0.1, 0.15) is 11.6 Å². The molecule has 20 heavy (non-hydrogen) atoms. The van der Waals surface area contributed by atoms with E-state index >= 15 is 0 Å². The molecule has 2 aromatic carbocycles. The van der Waals surface area contributed by atoms with Crippen LogP contribution in [0.4, 0.5) is 10.1 Å². The minimum Gasteiger partial charge on any atom is -0.381 e. The van der Waals surface area contributed by atoms with Crippen molar-refractivity contribution in [2.75, 3.05) is 5.32 Å². The van der Waals surface area contributed by atoms with Crippen molar-refractivity contribution < 1.29 is 4.39 Å². The molecule has 1 aromatic heterocycles. The monoisotopic (exact) mass is 333 g/mol. The van der Waals surface area contributed by atoms with Gasteiger partial charge in [0.2, 0.25) is 0 Å². The highest BCUT2D eigenvalue weighted by Crippen LogP contribution is 2.21. The summed E-state index contributed by atoms with van der Waals surface area (Å²) in [5, 5.41) is 3.32. The van der Waals surface area contributed by atoms with Crippen molar-refractivity contribution in [2.24, 2.45) is 0 Å². The van der Waals surface area contributed by atoms with Crippen LogP contribution in [0.2, 0.25) is 0 Å². The Morgan fingerprint density at radius 3 is 2.90 bits per heavy atom. The van der Waals surface area contributed by atoms with Crippen LogP contribution >= 0.6 is 15.9 Å². The summed E-state index contributed by atoms with van der Waals surface area (Å²) in [5.41, 5.74) is 3.96. The normalized spacial score (nSPS) is 10.9. The van der Waals surface area contributed by atoms with Crippen LogP contribution in [0.25, 0.3) is 11.0 Å². The van der Waals surface area contributed by atoms with Crippen LogP contribution in [0.15, 0.2) is 40.9 Å². The fourth-order valence-electron chi connectivity index (χ4n) is 2.11. The molecule has 0 saturated heterocycles. The van der Waals surface area contributed by atoms with Gasteiger partial charge in [-0.05, 0) is 42.8 Å². The molecule has 1 heterocycles. The van der Waals surface area contributed by atoms with Crippen molar-refractivity contribution in [3.05, 3.63) is 58.1 Å². The lowest BCUT2D eigenvalue weighted by Gasteiger charge is -2.08. The number of nitrogens with one attached hydrogen (secondary N) is 2. The van der Waals surface area contributed by atoms with E-state index in [1.54, 1.807) is 6.07 Å². The maximum Gasteiger partial charge on any atom is 0.124 e. The van der Waals surface area contributed by atoms with Crippen molar-refractivity contribution >= 4 is 32.7 Å². The predicted octanol–water partition coefficient (Wildman–Crippen LogP) is 4.39. The van der Waals surface area contributed by atoms with Crippen LogP contribution in [0.1, 0.15) is 11.4 Å². The number of hydrogen-bond acceptors (Lipinski definition) is 2. The fraction of sp³-hybridized carbons (Fsp3) is 0.133. The van der Waals surface area contributed by atoms with E-state index in [1.807, 2.05) is 25.1 Å². The van der Waals surface area contributed by atoms with Crippen molar-refractivity contribution in [1.29, 1.82) is 0 Å². The first-order chi connectivity index (χ1) is 9.61. The van der Waals surface area contributed by atoms with E-state index in [0.29, 0.717) is 6.54 Å². The van der Waals surface area contributed by atoms with Gasteiger partial charge in [-0.2, -0.15) is 0 Å². The van der Waals surface area contributed by atoms with Crippen molar-refractivity contribution in [3.8, 4) is 0 Å². The Morgan fingerprint density at radius 1 is 1.25 bits per heavy atom. The first-order valence-electron chi connectivity index (χ1n) is 6.26. The molecule has 0 aliphatic carbocycles. The summed E-state index contributed by atoms with van der Waals surface area (Å²) in [6.07, 6.45) is 0. The van der Waals surface area contributed by atoms with Crippen LogP contribution in [-0.2, 0) is 6.54 Å². The zero-order chi connectivity index (χ0) is 14.1. The fourth-order valence-corrected chi connectivity index (χ4v) is 2.60. The van der Waals surface area contributed by atoms with Crippen LogP contribution in [-0.4, -0.2) is 9.97 Å². The van der Waals surface area contributed by atoms with E-state index in [4.69, 9.17) is 0 Å². The number of fused-ring (bicyclic) bond motifs is 1. The molecule has 0 fully saturated rings. The maximum atomic E-state index is 13.0. The van der Waals surface area contributed by atoms with Crippen molar-refractivity contribution in [1.82, 2.24) is 9.97 Å². The minimum absolute atomic E-state index is 0.241. The lowest BCUT2D eigenvalue weighted by atomic mass is 10.2. The lowest BCUT2D eigenvalue weighted by Crippen LogP contribution is -2.00. The molecule has 102 valence electrons. The second-order valence-electron chi connectivity index (χ2n) is 4.64. The molecule has 0 saturated carbocycles. The van der Waals surface area contributed by atoms with Gasteiger partial charge in [-0.3, -0.25) is 0 Å². The number of hydrogen-bond donors (Lipinski definition) is 2. The van der Waals surface area contributed by atoms with Crippen LogP contribution in [0, 0.1) is 12.7 Å². The number of nitrogens with zero attached hydrogens (tertiary/aromatic N) is 1. The Morgan fingerprint density at radius 2 is 2.10 bits per heavy atom. The number of halogens is 2. The molecular formula is C15H13BrFN3. The average molecular weight is 334 g/mol. The molecule has 0 atom stereocenters. The highest BCUT2D eigenvalue weighted by Gasteiger charge is 2.03. The standard InChI is InChI=1S/C15H13BrFN3/c1-9-19-14-5-4-12(7-15(14)20-9)18-8-10-2-3-11(17)6-13(10)16/h2-7,18H,8H2,1H3,(H,19,20). The Balaban J connectivity index is 1.79. The molecule has 0 radical (unpaired) electrons. The second-order valence-corrected chi connectivity index (χ2v) is 5.50. The largest absolute Gasteiger partial charge is 0.381 e. The van der Waals surface area contributed by atoms with Crippen molar-refractivity contribution in [2.45, 2.75) is 13.5 Å². The molecule has 2 N–H and O–H groups in total. The van der Waals surface area contributed by atoms with Crippen LogP contribution in [0.3, 0.4) is 0 Å². The Labute approximate surface area is 124 Å². The SMILES string of the molecule is Cc1nc2ccc(NCc3ccc(F)cc3Br)cc2[nH]1. The first-order valence-corrected chi connectivity index (χ1v) is 7.05. The van der Waals surface area contributed by atoms with E-state index in [1.165, 1.54) is 12.1 Å². The predicted molar refractivity (Wildman–Crippen MR) is 82.3 cm³/mol. The van der Waals surface area contributed by atoms with Gasteiger partial charge in [0.05, 0.1) is 11.0 Å². The Hall–Kier alpha value is -1.88. The average Bonchev–Trinajstić information content (AvgIpc) is 2.77. The molecule has 5 heteroatoms. The number of H-pyrrole nitrogens is 1. The molecule has 3 rings (SSSR count). The smallest absolute Gasteiger partial charge is 0.124 e. The summed E-state index contributed by atoms with van der Waals surface area (Å²) in [5.74, 6) is 0.661. The lowest BCUT2D eigenvalue weighted by molar-refractivity contribution is 0.626. The summed E-state index contributed by atoms with van der Waals surface area (Å²) >= 11 is 3.37. The zero-order valence-corrected chi connectivity index (χ0v) is 12.5. The zero-order valence-electron chi connectivity index (χ0n) is 10.9. The third-order valence-corrected chi connectivity index (χ3v) is 3.84. The topological polar surface area (TPSA) is 40.7 Å². The third kappa shape index (κ3) is 2.67. The van der Waals surface area contributed by atoms with Crippen LogP contribution in [0.5, 0.6) is 0 Å². The molecular weight excluding hydrogens is 321 g/mol. The van der Waals surface area contributed by atoms with E-state index in [2.05, 4.69) is 31.2 Å². The van der Waals surface area contributed by atoms with Gasteiger partial charge >= 0.3 is 0 Å². The van der Waals surface area contributed by atoms with Gasteiger partial charge in [0.25, 0.3) is 0 Å². The molecule has 0 aliphatic heterocycles. The third-order valence-electron chi connectivity index (χ3n) is 3.10. The summed E-state index contributed by atoms with van der Waals surface area (Å²) in [7, 11) is 0. The number of anilines is 1. The van der Waals surface area contributed by atoms with Gasteiger partial charge in [-0.25, -0.2) is 9.37 Å². The number of aromatic nitrogens is 2.